The molecule has 0 fully saturated rings. The Labute approximate surface area is 159 Å². The highest BCUT2D eigenvalue weighted by Crippen LogP contribution is 2.26. The number of fused-ring (bicyclic) bond motifs is 1. The van der Waals surface area contributed by atoms with Gasteiger partial charge in [0.15, 0.2) is 0 Å². The van der Waals surface area contributed by atoms with Crippen molar-refractivity contribution in [3.8, 4) is 11.7 Å². The highest BCUT2D eigenvalue weighted by Gasteiger charge is 2.16. The van der Waals surface area contributed by atoms with Crippen LogP contribution in [0.25, 0.3) is 16.6 Å². The van der Waals surface area contributed by atoms with Crippen LogP contribution in [0, 0.1) is 0 Å². The summed E-state index contributed by atoms with van der Waals surface area (Å²) >= 11 is 5.88. The molecular formula is C20H13ClN4O2. The van der Waals surface area contributed by atoms with Crippen LogP contribution in [0.1, 0.15) is 5.56 Å². The lowest BCUT2D eigenvalue weighted by atomic mass is 10.1. The van der Waals surface area contributed by atoms with E-state index >= 15 is 0 Å². The van der Waals surface area contributed by atoms with Crippen molar-refractivity contribution in [1.82, 2.24) is 14.5 Å². The predicted octanol–water partition coefficient (Wildman–Crippen LogP) is 3.89. The maximum Gasteiger partial charge on any atom is 0.267 e. The molecule has 132 valence electrons. The van der Waals surface area contributed by atoms with Gasteiger partial charge in [-0.05, 0) is 30.3 Å². The molecule has 0 aliphatic heterocycles. The Balaban J connectivity index is 1.99. The van der Waals surface area contributed by atoms with Crippen molar-refractivity contribution < 1.29 is 5.11 Å². The molecule has 0 aliphatic rings. The van der Waals surface area contributed by atoms with Gasteiger partial charge in [-0.2, -0.15) is 0 Å². The SMILES string of the molecule is O=c1c2ccccc2c(C=Nc2ccncc2)c(O)n1-c1ccc(Cl)cn1. The van der Waals surface area contributed by atoms with Crippen LogP contribution in [0.15, 0.2) is 76.9 Å². The van der Waals surface area contributed by atoms with Gasteiger partial charge in [-0.3, -0.25) is 14.8 Å². The Hall–Kier alpha value is -3.51. The summed E-state index contributed by atoms with van der Waals surface area (Å²) in [7, 11) is 0. The minimum absolute atomic E-state index is 0.244. The fourth-order valence-corrected chi connectivity index (χ4v) is 2.88. The molecule has 0 bridgehead atoms. The van der Waals surface area contributed by atoms with Crippen LogP contribution in [-0.4, -0.2) is 25.9 Å². The average molecular weight is 377 g/mol. The predicted molar refractivity (Wildman–Crippen MR) is 106 cm³/mol. The van der Waals surface area contributed by atoms with Gasteiger partial charge in [-0.15, -0.1) is 0 Å². The number of hydrogen-bond acceptors (Lipinski definition) is 5. The Bertz CT molecular complexity index is 1200. The molecule has 0 radical (unpaired) electrons. The Morgan fingerprint density at radius 2 is 1.78 bits per heavy atom. The number of aromatic nitrogens is 3. The highest BCUT2D eigenvalue weighted by atomic mass is 35.5. The van der Waals surface area contributed by atoms with Crippen LogP contribution in [0.5, 0.6) is 5.88 Å². The molecule has 3 heterocycles. The molecule has 1 aromatic carbocycles. The van der Waals surface area contributed by atoms with E-state index in [-0.39, 0.29) is 17.3 Å². The zero-order valence-electron chi connectivity index (χ0n) is 14.0. The van der Waals surface area contributed by atoms with Crippen LogP contribution >= 0.6 is 11.6 Å². The summed E-state index contributed by atoms with van der Waals surface area (Å²) in [6.45, 7) is 0. The maximum atomic E-state index is 12.9. The van der Waals surface area contributed by atoms with E-state index < -0.39 is 0 Å². The molecule has 0 atom stereocenters. The summed E-state index contributed by atoms with van der Waals surface area (Å²) in [6.07, 6.45) is 6.20. The Kier molecular flexibility index (Phi) is 4.40. The fourth-order valence-electron chi connectivity index (χ4n) is 2.77. The lowest BCUT2D eigenvalue weighted by molar-refractivity contribution is 0.435. The van der Waals surface area contributed by atoms with Gasteiger partial charge in [0.1, 0.15) is 5.82 Å². The van der Waals surface area contributed by atoms with Gasteiger partial charge >= 0.3 is 0 Å². The first-order valence-electron chi connectivity index (χ1n) is 8.08. The molecule has 0 saturated carbocycles. The summed E-state index contributed by atoms with van der Waals surface area (Å²) in [5.74, 6) is 0.0255. The van der Waals surface area contributed by atoms with E-state index in [0.29, 0.717) is 27.0 Å². The summed E-state index contributed by atoms with van der Waals surface area (Å²) in [5.41, 5.74) is 0.716. The topological polar surface area (TPSA) is 80.4 Å². The third kappa shape index (κ3) is 3.18. The average Bonchev–Trinajstić information content (AvgIpc) is 2.70. The van der Waals surface area contributed by atoms with Gasteiger partial charge in [0.25, 0.3) is 5.56 Å². The number of pyridine rings is 3. The van der Waals surface area contributed by atoms with E-state index in [9.17, 15) is 9.90 Å². The smallest absolute Gasteiger partial charge is 0.267 e. The first-order chi connectivity index (χ1) is 13.1. The van der Waals surface area contributed by atoms with Crippen molar-refractivity contribution >= 4 is 34.3 Å². The summed E-state index contributed by atoms with van der Waals surface area (Å²) < 4.78 is 1.15. The van der Waals surface area contributed by atoms with Crippen LogP contribution in [-0.2, 0) is 0 Å². The third-order valence-corrected chi connectivity index (χ3v) is 4.27. The monoisotopic (exact) mass is 376 g/mol. The highest BCUT2D eigenvalue weighted by molar-refractivity contribution is 6.30. The summed E-state index contributed by atoms with van der Waals surface area (Å²) in [4.78, 5) is 25.4. The number of aliphatic imine (C=N–C) groups is 1. The molecule has 7 heteroatoms. The molecule has 0 aliphatic carbocycles. The lowest BCUT2D eigenvalue weighted by Gasteiger charge is -2.13. The van der Waals surface area contributed by atoms with Crippen molar-refractivity contribution in [2.75, 3.05) is 0 Å². The largest absolute Gasteiger partial charge is 0.494 e. The molecule has 1 N–H and O–H groups in total. The minimum Gasteiger partial charge on any atom is -0.494 e. The summed E-state index contributed by atoms with van der Waals surface area (Å²) in [6, 6.07) is 13.7. The number of nitrogens with zero attached hydrogens (tertiary/aromatic N) is 4. The van der Waals surface area contributed by atoms with Crippen molar-refractivity contribution in [2.45, 2.75) is 0 Å². The molecule has 4 rings (SSSR count). The van der Waals surface area contributed by atoms with Gasteiger partial charge < -0.3 is 5.11 Å². The first kappa shape index (κ1) is 16.9. The van der Waals surface area contributed by atoms with Crippen molar-refractivity contribution in [1.29, 1.82) is 0 Å². The van der Waals surface area contributed by atoms with Crippen LogP contribution in [0.2, 0.25) is 5.02 Å². The first-order valence-corrected chi connectivity index (χ1v) is 8.45. The fraction of sp³-hybridized carbons (Fsp3) is 0. The van der Waals surface area contributed by atoms with E-state index in [4.69, 9.17) is 11.6 Å². The van der Waals surface area contributed by atoms with Crippen LogP contribution in [0.4, 0.5) is 5.69 Å². The van der Waals surface area contributed by atoms with E-state index in [1.54, 1.807) is 60.9 Å². The minimum atomic E-state index is -0.376. The molecule has 27 heavy (non-hydrogen) atoms. The Morgan fingerprint density at radius 3 is 2.48 bits per heavy atom. The number of rotatable bonds is 3. The van der Waals surface area contributed by atoms with E-state index in [1.807, 2.05) is 0 Å². The van der Waals surface area contributed by atoms with Gasteiger partial charge in [0, 0.05) is 35.6 Å². The van der Waals surface area contributed by atoms with Crippen molar-refractivity contribution in [3.05, 3.63) is 88.1 Å². The Morgan fingerprint density at radius 1 is 1.04 bits per heavy atom. The number of halogens is 1. The van der Waals surface area contributed by atoms with E-state index in [0.717, 1.165) is 4.57 Å². The zero-order chi connectivity index (χ0) is 18.8. The van der Waals surface area contributed by atoms with Gasteiger partial charge in [0.2, 0.25) is 5.88 Å². The quantitative estimate of drug-likeness (QED) is 0.550. The molecule has 0 spiro atoms. The molecule has 0 saturated heterocycles. The maximum absolute atomic E-state index is 12.9. The second-order valence-corrected chi connectivity index (χ2v) is 6.16. The van der Waals surface area contributed by atoms with Gasteiger partial charge in [-0.25, -0.2) is 9.55 Å². The normalized spacial score (nSPS) is 11.3. The molecule has 0 unspecified atom stereocenters. The molecule has 0 amide bonds. The lowest BCUT2D eigenvalue weighted by Crippen LogP contribution is -2.21. The molecule has 3 aromatic heterocycles. The number of aromatic hydroxyl groups is 1. The van der Waals surface area contributed by atoms with Gasteiger partial charge in [0.05, 0.1) is 16.3 Å². The van der Waals surface area contributed by atoms with Crippen LogP contribution < -0.4 is 5.56 Å². The van der Waals surface area contributed by atoms with E-state index in [1.165, 1.54) is 12.4 Å². The van der Waals surface area contributed by atoms with Crippen molar-refractivity contribution in [2.24, 2.45) is 4.99 Å². The molecular weight excluding hydrogens is 364 g/mol. The third-order valence-electron chi connectivity index (χ3n) is 4.05. The molecule has 6 nitrogen and oxygen atoms in total. The van der Waals surface area contributed by atoms with Crippen LogP contribution in [0.3, 0.4) is 0 Å². The number of hydrogen-bond donors (Lipinski definition) is 1. The van der Waals surface area contributed by atoms with Gasteiger partial charge in [-0.1, -0.05) is 29.8 Å². The van der Waals surface area contributed by atoms with Crippen molar-refractivity contribution in [3.63, 3.8) is 0 Å². The molecule has 4 aromatic rings. The zero-order valence-corrected chi connectivity index (χ0v) is 14.7. The van der Waals surface area contributed by atoms with E-state index in [2.05, 4.69) is 15.0 Å². The number of benzene rings is 1. The standard InChI is InChI=1S/C20H13ClN4O2/c21-13-5-6-18(24-11-13)25-19(26)16-4-2-1-3-15(16)17(20(25)27)12-23-14-7-9-22-10-8-14/h1-12,27H. The second-order valence-electron chi connectivity index (χ2n) is 5.72. The second kappa shape index (κ2) is 7.01. The summed E-state index contributed by atoms with van der Waals surface area (Å²) in [5, 5.41) is 12.3.